The van der Waals surface area contributed by atoms with E-state index in [0.29, 0.717) is 23.7 Å². The summed E-state index contributed by atoms with van der Waals surface area (Å²) in [4.78, 5) is 26.6. The van der Waals surface area contributed by atoms with Gasteiger partial charge in [0.15, 0.2) is 18.1 Å². The molecule has 2 amide bonds. The van der Waals surface area contributed by atoms with Crippen LogP contribution in [-0.4, -0.2) is 62.1 Å². The van der Waals surface area contributed by atoms with Gasteiger partial charge < -0.3 is 25.0 Å². The minimum absolute atomic E-state index is 0. The standard InChI is InChI=1S/C20H29N3O4.ClH/c1-2-26-18-12-15(20(25)22-16-8-9-21-13-16)6-7-17(18)27-14-19(24)23-10-4-3-5-11-23;/h6-7,12,16,21H,2-5,8-11,13-14H2,1H3,(H,22,25);1H. The van der Waals surface area contributed by atoms with Crippen LogP contribution in [0.3, 0.4) is 0 Å². The third-order valence-corrected chi connectivity index (χ3v) is 4.96. The van der Waals surface area contributed by atoms with Crippen molar-refractivity contribution in [1.29, 1.82) is 0 Å². The highest BCUT2D eigenvalue weighted by Gasteiger charge is 2.20. The summed E-state index contributed by atoms with van der Waals surface area (Å²) in [5, 5.41) is 6.25. The van der Waals surface area contributed by atoms with Gasteiger partial charge in [-0.1, -0.05) is 0 Å². The summed E-state index contributed by atoms with van der Waals surface area (Å²) in [7, 11) is 0. The summed E-state index contributed by atoms with van der Waals surface area (Å²) in [5.41, 5.74) is 0.528. The topological polar surface area (TPSA) is 79.9 Å². The maximum absolute atomic E-state index is 12.4. The molecule has 1 aromatic carbocycles. The largest absolute Gasteiger partial charge is 0.490 e. The molecule has 28 heavy (non-hydrogen) atoms. The first-order chi connectivity index (χ1) is 13.2. The summed E-state index contributed by atoms with van der Waals surface area (Å²) in [6, 6.07) is 5.25. The van der Waals surface area contributed by atoms with E-state index in [2.05, 4.69) is 10.6 Å². The fourth-order valence-electron chi connectivity index (χ4n) is 3.46. The smallest absolute Gasteiger partial charge is 0.260 e. The van der Waals surface area contributed by atoms with Crippen LogP contribution >= 0.6 is 12.4 Å². The number of ether oxygens (including phenoxy) is 2. The van der Waals surface area contributed by atoms with E-state index in [4.69, 9.17) is 9.47 Å². The molecule has 2 fully saturated rings. The van der Waals surface area contributed by atoms with Crippen molar-refractivity contribution >= 4 is 24.2 Å². The lowest BCUT2D eigenvalue weighted by Crippen LogP contribution is -2.38. The highest BCUT2D eigenvalue weighted by molar-refractivity contribution is 5.95. The molecule has 0 aromatic heterocycles. The molecular weight excluding hydrogens is 382 g/mol. The van der Waals surface area contributed by atoms with Crippen LogP contribution in [0, 0.1) is 0 Å². The molecule has 0 spiro atoms. The van der Waals surface area contributed by atoms with Crippen molar-refractivity contribution in [3.05, 3.63) is 23.8 Å². The number of halogens is 1. The van der Waals surface area contributed by atoms with E-state index >= 15 is 0 Å². The highest BCUT2D eigenvalue weighted by atomic mass is 35.5. The number of hydrogen-bond acceptors (Lipinski definition) is 5. The molecule has 7 nitrogen and oxygen atoms in total. The predicted octanol–water partition coefficient (Wildman–Crippen LogP) is 1.99. The second-order valence-corrected chi connectivity index (χ2v) is 6.99. The number of hydrogen-bond donors (Lipinski definition) is 2. The molecule has 2 N–H and O–H groups in total. The maximum Gasteiger partial charge on any atom is 0.260 e. The minimum Gasteiger partial charge on any atom is -0.490 e. The number of likely N-dealkylation sites (tertiary alicyclic amines) is 1. The average Bonchev–Trinajstić information content (AvgIpc) is 3.20. The van der Waals surface area contributed by atoms with Crippen molar-refractivity contribution in [3.8, 4) is 11.5 Å². The number of rotatable bonds is 7. The fraction of sp³-hybridized carbons (Fsp3) is 0.600. The second-order valence-electron chi connectivity index (χ2n) is 6.99. The molecule has 0 radical (unpaired) electrons. The number of piperidine rings is 1. The van der Waals surface area contributed by atoms with Crippen molar-refractivity contribution in [2.75, 3.05) is 39.4 Å². The third-order valence-electron chi connectivity index (χ3n) is 4.96. The zero-order chi connectivity index (χ0) is 19.1. The number of carbonyl (C=O) groups is 2. The number of nitrogens with zero attached hydrogens (tertiary/aromatic N) is 1. The zero-order valence-electron chi connectivity index (χ0n) is 16.4. The van der Waals surface area contributed by atoms with Crippen LogP contribution in [0.1, 0.15) is 43.0 Å². The van der Waals surface area contributed by atoms with E-state index in [0.717, 1.165) is 45.4 Å². The van der Waals surface area contributed by atoms with E-state index in [-0.39, 0.29) is 36.9 Å². The molecule has 1 atom stereocenters. The van der Waals surface area contributed by atoms with Gasteiger partial charge in [-0.2, -0.15) is 0 Å². The maximum atomic E-state index is 12.4. The van der Waals surface area contributed by atoms with Crippen LogP contribution in [-0.2, 0) is 4.79 Å². The van der Waals surface area contributed by atoms with Gasteiger partial charge in [-0.3, -0.25) is 9.59 Å². The van der Waals surface area contributed by atoms with E-state index in [1.807, 2.05) is 11.8 Å². The van der Waals surface area contributed by atoms with Crippen LogP contribution in [0.15, 0.2) is 18.2 Å². The first-order valence-electron chi connectivity index (χ1n) is 9.86. The molecule has 8 heteroatoms. The molecule has 0 bridgehead atoms. The van der Waals surface area contributed by atoms with Gasteiger partial charge in [0.1, 0.15) is 0 Å². The number of amides is 2. The molecule has 1 unspecified atom stereocenters. The van der Waals surface area contributed by atoms with E-state index in [9.17, 15) is 9.59 Å². The summed E-state index contributed by atoms with van der Waals surface area (Å²) >= 11 is 0. The molecule has 1 aromatic rings. The normalized spacial score (nSPS) is 18.9. The summed E-state index contributed by atoms with van der Waals surface area (Å²) < 4.78 is 11.3. The first kappa shape index (κ1) is 22.3. The quantitative estimate of drug-likeness (QED) is 0.717. The van der Waals surface area contributed by atoms with Gasteiger partial charge in [0.2, 0.25) is 0 Å². The van der Waals surface area contributed by atoms with E-state index in [1.54, 1.807) is 18.2 Å². The van der Waals surface area contributed by atoms with E-state index in [1.165, 1.54) is 6.42 Å². The van der Waals surface area contributed by atoms with E-state index < -0.39 is 0 Å². The number of benzene rings is 1. The van der Waals surface area contributed by atoms with Gasteiger partial charge in [0.25, 0.3) is 11.8 Å². The monoisotopic (exact) mass is 411 g/mol. The molecule has 156 valence electrons. The predicted molar refractivity (Wildman–Crippen MR) is 110 cm³/mol. The average molecular weight is 412 g/mol. The van der Waals surface area contributed by atoms with Gasteiger partial charge in [0, 0.05) is 31.2 Å². The first-order valence-corrected chi connectivity index (χ1v) is 9.86. The Bertz CT molecular complexity index is 659. The Kier molecular flexibility index (Phi) is 8.86. The van der Waals surface area contributed by atoms with Crippen LogP contribution in [0.25, 0.3) is 0 Å². The molecule has 0 saturated carbocycles. The Morgan fingerprint density at radius 3 is 2.64 bits per heavy atom. The molecular formula is C20H30ClN3O4. The van der Waals surface area contributed by atoms with Gasteiger partial charge in [-0.05, 0) is 57.4 Å². The van der Waals surface area contributed by atoms with Gasteiger partial charge in [-0.15, -0.1) is 12.4 Å². The molecule has 2 aliphatic rings. The SMILES string of the molecule is CCOc1cc(C(=O)NC2CCNC2)ccc1OCC(=O)N1CCCCC1.Cl. The van der Waals surface area contributed by atoms with Crippen molar-refractivity contribution < 1.29 is 19.1 Å². The van der Waals surface area contributed by atoms with Crippen molar-refractivity contribution in [1.82, 2.24) is 15.5 Å². The zero-order valence-corrected chi connectivity index (χ0v) is 17.2. The molecule has 0 aliphatic carbocycles. The summed E-state index contributed by atoms with van der Waals surface area (Å²) in [6.07, 6.45) is 4.22. The second kappa shape index (κ2) is 11.1. The highest BCUT2D eigenvalue weighted by Crippen LogP contribution is 2.29. The van der Waals surface area contributed by atoms with Crippen molar-refractivity contribution in [3.63, 3.8) is 0 Å². The third kappa shape index (κ3) is 6.01. The van der Waals surface area contributed by atoms with Crippen LogP contribution in [0.4, 0.5) is 0 Å². The van der Waals surface area contributed by atoms with Gasteiger partial charge >= 0.3 is 0 Å². The lowest BCUT2D eigenvalue weighted by Gasteiger charge is -2.26. The molecule has 2 heterocycles. The van der Waals surface area contributed by atoms with Crippen LogP contribution in [0.2, 0.25) is 0 Å². The Labute approximate surface area is 172 Å². The van der Waals surface area contributed by atoms with Crippen LogP contribution < -0.4 is 20.1 Å². The van der Waals surface area contributed by atoms with Crippen molar-refractivity contribution in [2.24, 2.45) is 0 Å². The fourth-order valence-corrected chi connectivity index (χ4v) is 3.46. The van der Waals surface area contributed by atoms with Crippen LogP contribution in [0.5, 0.6) is 11.5 Å². The number of nitrogens with one attached hydrogen (secondary N) is 2. The van der Waals surface area contributed by atoms with Gasteiger partial charge in [-0.25, -0.2) is 0 Å². The van der Waals surface area contributed by atoms with Gasteiger partial charge in [0.05, 0.1) is 6.61 Å². The molecule has 3 rings (SSSR count). The summed E-state index contributed by atoms with van der Waals surface area (Å²) in [5.74, 6) is 0.843. The Morgan fingerprint density at radius 2 is 1.96 bits per heavy atom. The minimum atomic E-state index is -0.124. The molecule has 2 aliphatic heterocycles. The molecule has 2 saturated heterocycles. The van der Waals surface area contributed by atoms with Crippen molar-refractivity contribution in [2.45, 2.75) is 38.6 Å². The lowest BCUT2D eigenvalue weighted by molar-refractivity contribution is -0.134. The Hall–Kier alpha value is -1.99. The Morgan fingerprint density at radius 1 is 1.18 bits per heavy atom. The Balaban J connectivity index is 0.00000280. The lowest BCUT2D eigenvalue weighted by atomic mass is 10.1. The number of carbonyl (C=O) groups excluding carboxylic acids is 2. The summed E-state index contributed by atoms with van der Waals surface area (Å²) in [6.45, 7) is 5.63.